The molecule has 1 amide bonds. The first-order valence-corrected chi connectivity index (χ1v) is 6.87. The molecule has 18 heavy (non-hydrogen) atoms. The molecule has 1 aliphatic heterocycles. The van der Waals surface area contributed by atoms with Gasteiger partial charge in [-0.3, -0.25) is 9.69 Å². The number of likely N-dealkylation sites (N-methyl/N-ethyl adjacent to an activating group) is 1. The second-order valence-electron chi connectivity index (χ2n) is 4.83. The number of piperidine rings is 1. The van der Waals surface area contributed by atoms with E-state index in [-0.39, 0.29) is 11.9 Å². The predicted octanol–water partition coefficient (Wildman–Crippen LogP) is 0.374. The van der Waals surface area contributed by atoms with Gasteiger partial charge in [-0.1, -0.05) is 13.3 Å². The van der Waals surface area contributed by atoms with Gasteiger partial charge in [0.1, 0.15) is 0 Å². The van der Waals surface area contributed by atoms with Crippen LogP contribution in [0.25, 0.3) is 0 Å². The second-order valence-corrected chi connectivity index (χ2v) is 4.83. The van der Waals surface area contributed by atoms with Crippen LogP contribution in [0.4, 0.5) is 0 Å². The van der Waals surface area contributed by atoms with Crippen LogP contribution in [-0.2, 0) is 9.53 Å². The Hall–Kier alpha value is -0.650. The molecule has 0 aromatic heterocycles. The summed E-state index contributed by atoms with van der Waals surface area (Å²) in [6.07, 6.45) is 3.30. The first kappa shape index (κ1) is 15.4. The maximum absolute atomic E-state index is 12.0. The molecule has 106 valence electrons. The lowest BCUT2D eigenvalue weighted by atomic mass is 10.0. The molecule has 2 unspecified atom stereocenters. The van der Waals surface area contributed by atoms with Crippen molar-refractivity contribution >= 4 is 5.91 Å². The number of methoxy groups -OCH3 is 1. The van der Waals surface area contributed by atoms with Crippen LogP contribution in [0.3, 0.4) is 0 Å². The fourth-order valence-corrected chi connectivity index (χ4v) is 2.42. The third-order valence-corrected chi connectivity index (χ3v) is 3.46. The van der Waals surface area contributed by atoms with Crippen molar-refractivity contribution in [2.45, 2.75) is 44.8 Å². The van der Waals surface area contributed by atoms with E-state index in [4.69, 9.17) is 4.74 Å². The summed E-state index contributed by atoms with van der Waals surface area (Å²) in [5.74, 6) is 0.0983. The van der Waals surface area contributed by atoms with Crippen molar-refractivity contribution in [3.05, 3.63) is 0 Å². The predicted molar refractivity (Wildman–Crippen MR) is 70.4 cm³/mol. The molecule has 1 aliphatic rings. The molecule has 0 aromatic rings. The summed E-state index contributed by atoms with van der Waals surface area (Å²) in [4.78, 5) is 14.3. The number of hydrogen-bond acceptors (Lipinski definition) is 4. The molecular weight excluding hydrogens is 232 g/mol. The van der Waals surface area contributed by atoms with Crippen LogP contribution < -0.4 is 5.32 Å². The number of likely N-dealkylation sites (tertiary alicyclic amines) is 1. The maximum Gasteiger partial charge on any atom is 0.237 e. The van der Waals surface area contributed by atoms with Crippen LogP contribution >= 0.6 is 0 Å². The van der Waals surface area contributed by atoms with E-state index in [0.29, 0.717) is 19.6 Å². The normalized spacial score (nSPS) is 22.7. The van der Waals surface area contributed by atoms with Crippen LogP contribution in [0.15, 0.2) is 0 Å². The zero-order chi connectivity index (χ0) is 13.4. The van der Waals surface area contributed by atoms with E-state index in [0.717, 1.165) is 25.9 Å². The Morgan fingerprint density at radius 1 is 1.56 bits per heavy atom. The summed E-state index contributed by atoms with van der Waals surface area (Å²) in [6.45, 7) is 4.86. The SMILES string of the molecule is CCN1CCCCC1C(=O)NCCC(O)COC. The van der Waals surface area contributed by atoms with E-state index in [1.165, 1.54) is 6.42 Å². The highest BCUT2D eigenvalue weighted by atomic mass is 16.5. The fraction of sp³-hybridized carbons (Fsp3) is 0.923. The summed E-state index contributed by atoms with van der Waals surface area (Å²) in [5.41, 5.74) is 0. The molecule has 0 radical (unpaired) electrons. The number of ether oxygens (including phenoxy) is 1. The Labute approximate surface area is 109 Å². The number of aliphatic hydroxyl groups excluding tert-OH is 1. The molecular formula is C13H26N2O3. The van der Waals surface area contributed by atoms with Gasteiger partial charge in [0.25, 0.3) is 0 Å². The van der Waals surface area contributed by atoms with Crippen molar-refractivity contribution in [2.75, 3.05) is 33.4 Å². The fourth-order valence-electron chi connectivity index (χ4n) is 2.42. The summed E-state index contributed by atoms with van der Waals surface area (Å²) in [6, 6.07) is 0.0170. The molecule has 0 aliphatic carbocycles. The quantitative estimate of drug-likeness (QED) is 0.693. The van der Waals surface area contributed by atoms with E-state index < -0.39 is 6.10 Å². The van der Waals surface area contributed by atoms with Gasteiger partial charge >= 0.3 is 0 Å². The van der Waals surface area contributed by atoms with Crippen molar-refractivity contribution in [1.29, 1.82) is 0 Å². The molecule has 1 heterocycles. The Bertz CT molecular complexity index is 248. The molecule has 0 aromatic carbocycles. The molecule has 0 bridgehead atoms. The monoisotopic (exact) mass is 258 g/mol. The Balaban J connectivity index is 2.26. The molecule has 1 fully saturated rings. The van der Waals surface area contributed by atoms with Crippen molar-refractivity contribution < 1.29 is 14.6 Å². The van der Waals surface area contributed by atoms with Crippen LogP contribution in [-0.4, -0.2) is 61.4 Å². The van der Waals surface area contributed by atoms with Gasteiger partial charge in [0, 0.05) is 13.7 Å². The van der Waals surface area contributed by atoms with Crippen LogP contribution in [0.5, 0.6) is 0 Å². The minimum atomic E-state index is -0.496. The van der Waals surface area contributed by atoms with E-state index in [1.54, 1.807) is 7.11 Å². The van der Waals surface area contributed by atoms with Crippen molar-refractivity contribution in [3.63, 3.8) is 0 Å². The third-order valence-electron chi connectivity index (χ3n) is 3.46. The zero-order valence-electron chi connectivity index (χ0n) is 11.5. The first-order chi connectivity index (χ1) is 8.69. The number of aliphatic hydroxyl groups is 1. The zero-order valence-corrected chi connectivity index (χ0v) is 11.5. The molecule has 2 N–H and O–H groups in total. The molecule has 2 atom stereocenters. The van der Waals surface area contributed by atoms with E-state index in [2.05, 4.69) is 17.1 Å². The average molecular weight is 258 g/mol. The van der Waals surface area contributed by atoms with E-state index in [9.17, 15) is 9.90 Å². The minimum absolute atomic E-state index is 0.0170. The number of rotatable bonds is 7. The van der Waals surface area contributed by atoms with E-state index >= 15 is 0 Å². The number of hydrogen-bond donors (Lipinski definition) is 2. The lowest BCUT2D eigenvalue weighted by Crippen LogP contribution is -2.49. The summed E-state index contributed by atoms with van der Waals surface area (Å²) < 4.78 is 4.84. The Morgan fingerprint density at radius 3 is 3.00 bits per heavy atom. The van der Waals surface area contributed by atoms with Gasteiger partial charge in [-0.25, -0.2) is 0 Å². The lowest BCUT2D eigenvalue weighted by Gasteiger charge is -2.33. The summed E-state index contributed by atoms with van der Waals surface area (Å²) >= 11 is 0. The largest absolute Gasteiger partial charge is 0.391 e. The summed E-state index contributed by atoms with van der Waals surface area (Å²) in [7, 11) is 1.56. The minimum Gasteiger partial charge on any atom is -0.391 e. The highest BCUT2D eigenvalue weighted by Gasteiger charge is 2.27. The Kier molecular flexibility index (Phi) is 7.23. The van der Waals surface area contributed by atoms with E-state index in [1.807, 2.05) is 0 Å². The molecule has 1 rings (SSSR count). The highest BCUT2D eigenvalue weighted by Crippen LogP contribution is 2.16. The van der Waals surface area contributed by atoms with Gasteiger partial charge in [-0.15, -0.1) is 0 Å². The summed E-state index contributed by atoms with van der Waals surface area (Å²) in [5, 5.41) is 12.4. The van der Waals surface area contributed by atoms with Crippen LogP contribution in [0.2, 0.25) is 0 Å². The highest BCUT2D eigenvalue weighted by molar-refractivity contribution is 5.81. The molecule has 0 saturated carbocycles. The van der Waals surface area contributed by atoms with Crippen LogP contribution in [0, 0.1) is 0 Å². The standard InChI is InChI=1S/C13H26N2O3/c1-3-15-9-5-4-6-12(15)13(17)14-8-7-11(16)10-18-2/h11-12,16H,3-10H2,1-2H3,(H,14,17). The van der Waals surface area contributed by atoms with Gasteiger partial charge in [0.2, 0.25) is 5.91 Å². The molecule has 5 nitrogen and oxygen atoms in total. The smallest absolute Gasteiger partial charge is 0.237 e. The second kappa shape index (κ2) is 8.45. The van der Waals surface area contributed by atoms with Gasteiger partial charge in [0.05, 0.1) is 18.8 Å². The Morgan fingerprint density at radius 2 is 2.33 bits per heavy atom. The van der Waals surface area contributed by atoms with Gasteiger partial charge in [0.15, 0.2) is 0 Å². The molecule has 5 heteroatoms. The molecule has 0 spiro atoms. The van der Waals surface area contributed by atoms with Gasteiger partial charge in [-0.2, -0.15) is 0 Å². The lowest BCUT2D eigenvalue weighted by molar-refractivity contribution is -0.127. The number of nitrogens with one attached hydrogen (secondary N) is 1. The number of nitrogens with zero attached hydrogens (tertiary/aromatic N) is 1. The molecule has 1 saturated heterocycles. The number of amides is 1. The van der Waals surface area contributed by atoms with Crippen molar-refractivity contribution in [3.8, 4) is 0 Å². The van der Waals surface area contributed by atoms with Gasteiger partial charge < -0.3 is 15.2 Å². The van der Waals surface area contributed by atoms with Crippen molar-refractivity contribution in [1.82, 2.24) is 10.2 Å². The number of carbonyl (C=O) groups is 1. The first-order valence-electron chi connectivity index (χ1n) is 6.87. The van der Waals surface area contributed by atoms with Crippen LogP contribution in [0.1, 0.15) is 32.6 Å². The van der Waals surface area contributed by atoms with Crippen molar-refractivity contribution in [2.24, 2.45) is 0 Å². The number of carbonyl (C=O) groups excluding carboxylic acids is 1. The average Bonchev–Trinajstić information content (AvgIpc) is 2.38. The third kappa shape index (κ3) is 4.92. The topological polar surface area (TPSA) is 61.8 Å². The maximum atomic E-state index is 12.0. The van der Waals surface area contributed by atoms with Gasteiger partial charge in [-0.05, 0) is 32.4 Å².